The second kappa shape index (κ2) is 5.00. The summed E-state index contributed by atoms with van der Waals surface area (Å²) in [6.45, 7) is 1.74. The van der Waals surface area contributed by atoms with Crippen LogP contribution in [-0.2, 0) is 0 Å². The van der Waals surface area contributed by atoms with Crippen molar-refractivity contribution in [2.75, 3.05) is 7.11 Å². The van der Waals surface area contributed by atoms with Gasteiger partial charge in [0.25, 0.3) is 0 Å². The zero-order chi connectivity index (χ0) is 13.3. The van der Waals surface area contributed by atoms with E-state index in [0.29, 0.717) is 33.0 Å². The lowest BCUT2D eigenvalue weighted by Gasteiger charge is -2.07. The van der Waals surface area contributed by atoms with Crippen LogP contribution in [0.5, 0.6) is 11.5 Å². The van der Waals surface area contributed by atoms with Gasteiger partial charge < -0.3 is 9.84 Å². The third-order valence-corrected chi connectivity index (χ3v) is 3.20. The van der Waals surface area contributed by atoms with Gasteiger partial charge in [-0.05, 0) is 25.1 Å². The minimum atomic E-state index is 0.00594. The van der Waals surface area contributed by atoms with Crippen LogP contribution in [0.2, 0.25) is 10.3 Å². The lowest BCUT2D eigenvalue weighted by Crippen LogP contribution is -1.94. The Morgan fingerprint density at radius 1 is 1.17 bits per heavy atom. The summed E-state index contributed by atoms with van der Waals surface area (Å²) in [4.78, 5) is 8.24. The van der Waals surface area contributed by atoms with Crippen molar-refractivity contribution in [1.29, 1.82) is 0 Å². The van der Waals surface area contributed by atoms with E-state index in [-0.39, 0.29) is 5.75 Å². The first-order valence-electron chi connectivity index (χ1n) is 5.10. The number of hydrogen-bond acceptors (Lipinski definition) is 4. The molecule has 1 heterocycles. The summed E-state index contributed by atoms with van der Waals surface area (Å²) in [5.41, 5.74) is 1.23. The Balaban J connectivity index is 2.52. The fourth-order valence-electron chi connectivity index (χ4n) is 1.42. The molecule has 1 aromatic heterocycles. The second-order valence-electron chi connectivity index (χ2n) is 3.64. The van der Waals surface area contributed by atoms with E-state index in [9.17, 15) is 5.11 Å². The van der Waals surface area contributed by atoms with Gasteiger partial charge in [-0.1, -0.05) is 23.2 Å². The molecule has 6 heteroatoms. The lowest BCUT2D eigenvalue weighted by atomic mass is 10.2. The average Bonchev–Trinajstić information content (AvgIpc) is 2.35. The minimum Gasteiger partial charge on any atom is -0.504 e. The monoisotopic (exact) mass is 284 g/mol. The maximum Gasteiger partial charge on any atom is 0.162 e. The summed E-state index contributed by atoms with van der Waals surface area (Å²) in [6, 6.07) is 4.84. The Labute approximate surface area is 114 Å². The zero-order valence-corrected chi connectivity index (χ0v) is 11.2. The molecule has 0 saturated carbocycles. The molecule has 0 bridgehead atoms. The molecule has 0 saturated heterocycles. The number of hydrogen-bond donors (Lipinski definition) is 1. The molecule has 0 spiro atoms. The third-order valence-electron chi connectivity index (χ3n) is 2.46. The number of benzene rings is 1. The number of phenols is 1. The van der Waals surface area contributed by atoms with Gasteiger partial charge >= 0.3 is 0 Å². The van der Waals surface area contributed by atoms with E-state index in [1.54, 1.807) is 19.1 Å². The molecule has 0 atom stereocenters. The van der Waals surface area contributed by atoms with Crippen molar-refractivity contribution in [3.05, 3.63) is 34.1 Å². The number of phenolic OH excluding ortho intramolecular Hbond substituents is 1. The van der Waals surface area contributed by atoms with E-state index in [0.717, 1.165) is 0 Å². The van der Waals surface area contributed by atoms with Crippen molar-refractivity contribution >= 4 is 23.2 Å². The lowest BCUT2D eigenvalue weighted by molar-refractivity contribution is 0.373. The summed E-state index contributed by atoms with van der Waals surface area (Å²) in [7, 11) is 1.48. The van der Waals surface area contributed by atoms with Crippen LogP contribution >= 0.6 is 23.2 Å². The summed E-state index contributed by atoms with van der Waals surface area (Å²) in [6.07, 6.45) is 0. The molecule has 0 fully saturated rings. The maximum absolute atomic E-state index is 9.70. The fraction of sp³-hybridized carbons (Fsp3) is 0.167. The van der Waals surface area contributed by atoms with Crippen LogP contribution in [0.1, 0.15) is 5.56 Å². The number of aromatic nitrogens is 2. The van der Waals surface area contributed by atoms with Crippen molar-refractivity contribution in [3.63, 3.8) is 0 Å². The summed E-state index contributed by atoms with van der Waals surface area (Å²) in [5.74, 6) is 0.739. The topological polar surface area (TPSA) is 55.2 Å². The molecular weight excluding hydrogens is 275 g/mol. The second-order valence-corrected chi connectivity index (χ2v) is 4.36. The Morgan fingerprint density at radius 3 is 2.28 bits per heavy atom. The summed E-state index contributed by atoms with van der Waals surface area (Å²) < 4.78 is 4.96. The van der Waals surface area contributed by atoms with Crippen molar-refractivity contribution in [2.24, 2.45) is 0 Å². The van der Waals surface area contributed by atoms with Gasteiger partial charge in [0.1, 0.15) is 10.3 Å². The van der Waals surface area contributed by atoms with Gasteiger partial charge in [-0.2, -0.15) is 0 Å². The molecular formula is C12H10Cl2N2O2. The molecule has 0 aliphatic carbocycles. The van der Waals surface area contributed by atoms with Gasteiger partial charge in [-0.25, -0.2) is 9.97 Å². The largest absolute Gasteiger partial charge is 0.504 e. The quantitative estimate of drug-likeness (QED) is 0.858. The molecule has 2 rings (SSSR count). The normalized spacial score (nSPS) is 10.4. The highest BCUT2D eigenvalue weighted by molar-refractivity contribution is 6.34. The van der Waals surface area contributed by atoms with Crippen molar-refractivity contribution in [3.8, 4) is 22.9 Å². The van der Waals surface area contributed by atoms with Gasteiger partial charge in [0.15, 0.2) is 17.3 Å². The SMILES string of the molecule is COc1ccc(-c2nc(Cl)c(C)c(Cl)n2)cc1O. The molecule has 4 nitrogen and oxygen atoms in total. The van der Waals surface area contributed by atoms with E-state index in [4.69, 9.17) is 27.9 Å². The Hall–Kier alpha value is -1.52. The number of halogens is 2. The number of nitrogens with zero attached hydrogens (tertiary/aromatic N) is 2. The van der Waals surface area contributed by atoms with Crippen LogP contribution in [0.25, 0.3) is 11.4 Å². The number of methoxy groups -OCH3 is 1. The number of rotatable bonds is 2. The van der Waals surface area contributed by atoms with Crippen LogP contribution in [0.3, 0.4) is 0 Å². The number of ether oxygens (including phenoxy) is 1. The molecule has 1 aromatic carbocycles. The van der Waals surface area contributed by atoms with Crippen molar-refractivity contribution in [1.82, 2.24) is 9.97 Å². The van der Waals surface area contributed by atoms with E-state index in [1.807, 2.05) is 0 Å². The molecule has 1 N–H and O–H groups in total. The third kappa shape index (κ3) is 2.35. The van der Waals surface area contributed by atoms with Crippen molar-refractivity contribution in [2.45, 2.75) is 6.92 Å². The van der Waals surface area contributed by atoms with Crippen molar-refractivity contribution < 1.29 is 9.84 Å². The highest BCUT2D eigenvalue weighted by Crippen LogP contribution is 2.31. The summed E-state index contributed by atoms with van der Waals surface area (Å²) in [5, 5.41) is 10.3. The Kier molecular flexibility index (Phi) is 3.59. The van der Waals surface area contributed by atoms with Crippen LogP contribution in [0.4, 0.5) is 0 Å². The van der Waals surface area contributed by atoms with Gasteiger partial charge in [-0.15, -0.1) is 0 Å². The van der Waals surface area contributed by atoms with Crippen LogP contribution in [0, 0.1) is 6.92 Å². The Morgan fingerprint density at radius 2 is 1.78 bits per heavy atom. The fourth-order valence-corrected chi connectivity index (χ4v) is 1.81. The van der Waals surface area contributed by atoms with E-state index in [2.05, 4.69) is 9.97 Å². The molecule has 0 aliphatic heterocycles. The molecule has 0 radical (unpaired) electrons. The molecule has 0 aliphatic rings. The first kappa shape index (κ1) is 12.9. The molecule has 0 unspecified atom stereocenters. The van der Waals surface area contributed by atoms with E-state index in [1.165, 1.54) is 13.2 Å². The van der Waals surface area contributed by atoms with Crippen LogP contribution in [0.15, 0.2) is 18.2 Å². The van der Waals surface area contributed by atoms with Crippen LogP contribution < -0.4 is 4.74 Å². The molecule has 2 aromatic rings. The minimum absolute atomic E-state index is 0.00594. The maximum atomic E-state index is 9.70. The predicted octanol–water partition coefficient (Wildman–Crippen LogP) is 3.47. The van der Waals surface area contributed by atoms with E-state index >= 15 is 0 Å². The molecule has 94 valence electrons. The van der Waals surface area contributed by atoms with E-state index < -0.39 is 0 Å². The van der Waals surface area contributed by atoms with Gasteiger partial charge in [-0.3, -0.25) is 0 Å². The first-order chi connectivity index (χ1) is 8.52. The zero-order valence-electron chi connectivity index (χ0n) is 9.74. The molecule has 18 heavy (non-hydrogen) atoms. The highest BCUT2D eigenvalue weighted by atomic mass is 35.5. The standard InChI is InChI=1S/C12H10Cl2N2O2/c1-6-10(13)15-12(16-11(6)14)7-3-4-9(18-2)8(17)5-7/h3-5,17H,1-2H3. The van der Waals surface area contributed by atoms with Gasteiger partial charge in [0, 0.05) is 11.1 Å². The number of aromatic hydroxyl groups is 1. The first-order valence-corrected chi connectivity index (χ1v) is 5.85. The Bertz CT molecular complexity index is 580. The molecule has 0 amide bonds. The average molecular weight is 285 g/mol. The van der Waals surface area contributed by atoms with Gasteiger partial charge in [0.2, 0.25) is 0 Å². The summed E-state index contributed by atoms with van der Waals surface area (Å²) >= 11 is 11.9. The smallest absolute Gasteiger partial charge is 0.162 e. The predicted molar refractivity (Wildman–Crippen MR) is 70.4 cm³/mol. The highest BCUT2D eigenvalue weighted by Gasteiger charge is 2.11. The van der Waals surface area contributed by atoms with Crippen LogP contribution in [-0.4, -0.2) is 22.2 Å². The van der Waals surface area contributed by atoms with Gasteiger partial charge in [0.05, 0.1) is 7.11 Å².